The van der Waals surface area contributed by atoms with E-state index in [1.807, 2.05) is 0 Å². The first-order valence-electron chi connectivity index (χ1n) is 7.54. The molecule has 3 nitrogen and oxygen atoms in total. The summed E-state index contributed by atoms with van der Waals surface area (Å²) >= 11 is 0. The Morgan fingerprint density at radius 3 is 1.11 bits per heavy atom. The molecular formula is C15H33O3P. The predicted octanol–water partition coefficient (Wildman–Crippen LogP) is 3.75. The summed E-state index contributed by atoms with van der Waals surface area (Å²) < 4.78 is 15.4. The highest BCUT2D eigenvalue weighted by Gasteiger charge is 2.07. The summed E-state index contributed by atoms with van der Waals surface area (Å²) in [6, 6.07) is 0. The van der Waals surface area contributed by atoms with E-state index in [1.165, 1.54) is 57.0 Å². The molecule has 0 radical (unpaired) electrons. The molecule has 0 saturated heterocycles. The van der Waals surface area contributed by atoms with Crippen LogP contribution in [0.1, 0.15) is 38.5 Å². The van der Waals surface area contributed by atoms with E-state index in [-0.39, 0.29) is 7.92 Å². The van der Waals surface area contributed by atoms with Crippen LogP contribution >= 0.6 is 7.92 Å². The lowest BCUT2D eigenvalue weighted by molar-refractivity contribution is 0.193. The molecule has 0 fully saturated rings. The van der Waals surface area contributed by atoms with Crippen LogP contribution in [0.25, 0.3) is 0 Å². The van der Waals surface area contributed by atoms with Gasteiger partial charge in [0.05, 0.1) is 0 Å². The van der Waals surface area contributed by atoms with E-state index in [4.69, 9.17) is 14.2 Å². The SMILES string of the molecule is COCCCCP(CCCCOC)CCCCOC. The summed E-state index contributed by atoms with van der Waals surface area (Å²) in [5, 5.41) is 0. The molecule has 0 aliphatic carbocycles. The molecule has 0 spiro atoms. The van der Waals surface area contributed by atoms with Crippen LogP contribution in [0.3, 0.4) is 0 Å². The van der Waals surface area contributed by atoms with Crippen molar-refractivity contribution >= 4 is 7.92 Å². The highest BCUT2D eigenvalue weighted by Crippen LogP contribution is 2.38. The number of unbranched alkanes of at least 4 members (excludes halogenated alkanes) is 3. The van der Waals surface area contributed by atoms with Crippen LogP contribution in [-0.4, -0.2) is 59.6 Å². The summed E-state index contributed by atoms with van der Waals surface area (Å²) in [6.07, 6.45) is 11.9. The fourth-order valence-corrected chi connectivity index (χ4v) is 4.76. The van der Waals surface area contributed by atoms with E-state index in [1.54, 1.807) is 21.3 Å². The Labute approximate surface area is 121 Å². The number of hydrogen-bond acceptors (Lipinski definition) is 3. The van der Waals surface area contributed by atoms with E-state index in [9.17, 15) is 0 Å². The summed E-state index contributed by atoms with van der Waals surface area (Å²) in [4.78, 5) is 0. The molecule has 19 heavy (non-hydrogen) atoms. The molecule has 0 aromatic carbocycles. The third kappa shape index (κ3) is 14.5. The normalized spacial score (nSPS) is 11.4. The van der Waals surface area contributed by atoms with Crippen LogP contribution in [0, 0.1) is 0 Å². The largest absolute Gasteiger partial charge is 0.385 e. The van der Waals surface area contributed by atoms with E-state index < -0.39 is 0 Å². The second-order valence-corrected chi connectivity index (χ2v) is 7.62. The van der Waals surface area contributed by atoms with Gasteiger partial charge in [0.2, 0.25) is 0 Å². The molecule has 116 valence electrons. The van der Waals surface area contributed by atoms with Gasteiger partial charge in [-0.25, -0.2) is 0 Å². The lowest BCUT2D eigenvalue weighted by Crippen LogP contribution is -2.00. The number of methoxy groups -OCH3 is 3. The molecule has 4 heteroatoms. The van der Waals surface area contributed by atoms with E-state index in [0.29, 0.717) is 0 Å². The highest BCUT2D eigenvalue weighted by molar-refractivity contribution is 7.57. The molecule has 0 rings (SSSR count). The molecule has 0 aromatic heterocycles. The fraction of sp³-hybridized carbons (Fsp3) is 1.00. The Morgan fingerprint density at radius 1 is 0.526 bits per heavy atom. The Hall–Kier alpha value is 0.310. The van der Waals surface area contributed by atoms with Gasteiger partial charge in [-0.15, -0.1) is 7.92 Å². The van der Waals surface area contributed by atoms with Gasteiger partial charge >= 0.3 is 0 Å². The van der Waals surface area contributed by atoms with E-state index in [0.717, 1.165) is 19.8 Å². The van der Waals surface area contributed by atoms with Crippen LogP contribution < -0.4 is 0 Å². The monoisotopic (exact) mass is 292 g/mol. The maximum atomic E-state index is 5.12. The third-order valence-corrected chi connectivity index (χ3v) is 6.06. The first-order valence-corrected chi connectivity index (χ1v) is 9.44. The molecule has 0 atom stereocenters. The van der Waals surface area contributed by atoms with E-state index >= 15 is 0 Å². The van der Waals surface area contributed by atoms with Crippen molar-refractivity contribution in [1.29, 1.82) is 0 Å². The lowest BCUT2D eigenvalue weighted by Gasteiger charge is -2.17. The summed E-state index contributed by atoms with van der Waals surface area (Å²) in [5.41, 5.74) is 0. The third-order valence-electron chi connectivity index (χ3n) is 3.22. The number of ether oxygens (including phenoxy) is 3. The van der Waals surface area contributed by atoms with Gasteiger partial charge in [0.15, 0.2) is 0 Å². The zero-order chi connectivity index (χ0) is 14.2. The second-order valence-electron chi connectivity index (χ2n) is 4.94. The molecule has 0 heterocycles. The quantitative estimate of drug-likeness (QED) is 0.340. The predicted molar refractivity (Wildman–Crippen MR) is 84.9 cm³/mol. The van der Waals surface area contributed by atoms with Crippen molar-refractivity contribution < 1.29 is 14.2 Å². The van der Waals surface area contributed by atoms with Crippen molar-refractivity contribution in [3.8, 4) is 0 Å². The average Bonchev–Trinajstić information content (AvgIpc) is 2.43. The van der Waals surface area contributed by atoms with Gasteiger partial charge in [0, 0.05) is 41.2 Å². The van der Waals surface area contributed by atoms with Gasteiger partial charge in [-0.05, 0) is 57.0 Å². The molecule has 0 unspecified atom stereocenters. The minimum Gasteiger partial charge on any atom is -0.385 e. The summed E-state index contributed by atoms with van der Waals surface area (Å²) in [7, 11) is 5.59. The van der Waals surface area contributed by atoms with Gasteiger partial charge in [0.1, 0.15) is 0 Å². The zero-order valence-corrected chi connectivity index (χ0v) is 14.1. The van der Waals surface area contributed by atoms with Crippen molar-refractivity contribution in [2.24, 2.45) is 0 Å². The van der Waals surface area contributed by atoms with Crippen molar-refractivity contribution in [3.05, 3.63) is 0 Å². The maximum absolute atomic E-state index is 5.12. The van der Waals surface area contributed by atoms with Crippen molar-refractivity contribution in [2.45, 2.75) is 38.5 Å². The number of hydrogen-bond donors (Lipinski definition) is 0. The average molecular weight is 292 g/mol. The van der Waals surface area contributed by atoms with Gasteiger partial charge in [-0.2, -0.15) is 0 Å². The molecule has 0 bridgehead atoms. The van der Waals surface area contributed by atoms with Gasteiger partial charge in [0.25, 0.3) is 0 Å². The lowest BCUT2D eigenvalue weighted by atomic mass is 10.3. The standard InChI is InChI=1S/C15H33O3P/c1-16-10-4-7-13-19(14-8-5-11-17-2)15-9-6-12-18-3/h4-15H2,1-3H3. The van der Waals surface area contributed by atoms with Gasteiger partial charge < -0.3 is 14.2 Å². The van der Waals surface area contributed by atoms with Crippen molar-refractivity contribution in [2.75, 3.05) is 59.6 Å². The summed E-state index contributed by atoms with van der Waals surface area (Å²) in [5.74, 6) is 0. The Morgan fingerprint density at radius 2 is 0.842 bits per heavy atom. The first-order chi connectivity index (χ1) is 9.35. The Bertz CT molecular complexity index is 139. The van der Waals surface area contributed by atoms with Crippen molar-refractivity contribution in [3.63, 3.8) is 0 Å². The van der Waals surface area contributed by atoms with Crippen LogP contribution in [-0.2, 0) is 14.2 Å². The molecule has 0 saturated carbocycles. The fourth-order valence-electron chi connectivity index (χ4n) is 2.08. The van der Waals surface area contributed by atoms with E-state index in [2.05, 4.69) is 0 Å². The summed E-state index contributed by atoms with van der Waals surface area (Å²) in [6.45, 7) is 2.74. The van der Waals surface area contributed by atoms with Crippen LogP contribution in [0.2, 0.25) is 0 Å². The van der Waals surface area contributed by atoms with Crippen LogP contribution in [0.5, 0.6) is 0 Å². The minimum atomic E-state index is 0.223. The second kappa shape index (κ2) is 16.4. The molecule has 0 aliphatic heterocycles. The van der Waals surface area contributed by atoms with Crippen LogP contribution in [0.15, 0.2) is 0 Å². The zero-order valence-electron chi connectivity index (χ0n) is 13.2. The topological polar surface area (TPSA) is 27.7 Å². The smallest absolute Gasteiger partial charge is 0.0462 e. The first kappa shape index (κ1) is 19.3. The Balaban J connectivity index is 3.66. The molecular weight excluding hydrogens is 259 g/mol. The molecule has 0 N–H and O–H groups in total. The minimum absolute atomic E-state index is 0.223. The molecule has 0 aromatic rings. The van der Waals surface area contributed by atoms with Crippen LogP contribution in [0.4, 0.5) is 0 Å². The number of rotatable bonds is 15. The molecule has 0 aliphatic rings. The van der Waals surface area contributed by atoms with Gasteiger partial charge in [-0.3, -0.25) is 0 Å². The molecule has 0 amide bonds. The van der Waals surface area contributed by atoms with Crippen molar-refractivity contribution in [1.82, 2.24) is 0 Å². The highest BCUT2D eigenvalue weighted by atomic mass is 31.1. The maximum Gasteiger partial charge on any atom is 0.0462 e. The van der Waals surface area contributed by atoms with Gasteiger partial charge in [-0.1, -0.05) is 0 Å². The Kier molecular flexibility index (Phi) is 16.6.